The molecular weight excluding hydrogens is 176 g/mol. The van der Waals surface area contributed by atoms with Gasteiger partial charge in [0.25, 0.3) is 0 Å². The molecule has 0 aliphatic heterocycles. The number of hydrogen-bond donors (Lipinski definition) is 2. The van der Waals surface area contributed by atoms with E-state index in [2.05, 4.69) is 12.2 Å². The van der Waals surface area contributed by atoms with E-state index in [0.717, 1.165) is 19.3 Å². The van der Waals surface area contributed by atoms with Crippen molar-refractivity contribution in [2.75, 3.05) is 6.54 Å². The molecule has 0 spiro atoms. The van der Waals surface area contributed by atoms with Crippen LogP contribution in [0.5, 0.6) is 0 Å². The van der Waals surface area contributed by atoms with E-state index in [1.54, 1.807) is 0 Å². The number of nitrogens with two attached hydrogens (primary N) is 1. The number of unbranched alkanes of at least 4 members (excludes halogenated alkanes) is 1. The second-order valence-corrected chi connectivity index (χ2v) is 2.84. The molecule has 0 aliphatic carbocycles. The van der Waals surface area contributed by atoms with Crippen LogP contribution in [0, 0.1) is 0 Å². The molecule has 0 aliphatic rings. The van der Waals surface area contributed by atoms with E-state index < -0.39 is 0 Å². The molecule has 74 valence electrons. The molecule has 4 heteroatoms. The molecule has 0 saturated carbocycles. The van der Waals surface area contributed by atoms with Crippen LogP contribution in [-0.2, 0) is 4.79 Å². The molecule has 0 aromatic rings. The smallest absolute Gasteiger partial charge is 0.216 e. The van der Waals surface area contributed by atoms with Crippen LogP contribution in [0.15, 0.2) is 0 Å². The highest BCUT2D eigenvalue weighted by molar-refractivity contribution is 5.85. The Kier molecular flexibility index (Phi) is 10.5. The van der Waals surface area contributed by atoms with Gasteiger partial charge < -0.3 is 11.1 Å². The number of carbonyl (C=O) groups is 1. The summed E-state index contributed by atoms with van der Waals surface area (Å²) in [7, 11) is 0. The van der Waals surface area contributed by atoms with Gasteiger partial charge >= 0.3 is 0 Å². The van der Waals surface area contributed by atoms with Crippen molar-refractivity contribution in [1.29, 1.82) is 0 Å². The average molecular weight is 195 g/mol. The summed E-state index contributed by atoms with van der Waals surface area (Å²) in [5.74, 6) is -0.00283. The topological polar surface area (TPSA) is 55.1 Å². The molecule has 1 unspecified atom stereocenters. The molecule has 0 fully saturated rings. The molecule has 0 bridgehead atoms. The molecule has 12 heavy (non-hydrogen) atoms. The summed E-state index contributed by atoms with van der Waals surface area (Å²) >= 11 is 0. The first-order valence-electron chi connectivity index (χ1n) is 4.16. The number of halogens is 1. The van der Waals surface area contributed by atoms with Crippen molar-refractivity contribution in [2.24, 2.45) is 5.73 Å². The van der Waals surface area contributed by atoms with E-state index in [1.807, 2.05) is 0 Å². The van der Waals surface area contributed by atoms with Crippen LogP contribution in [0.25, 0.3) is 0 Å². The molecule has 0 aromatic heterocycles. The fourth-order valence-corrected chi connectivity index (χ4v) is 0.843. The lowest BCUT2D eigenvalue weighted by atomic mass is 10.1. The van der Waals surface area contributed by atoms with Gasteiger partial charge in [-0.25, -0.2) is 0 Å². The highest BCUT2D eigenvalue weighted by Gasteiger charge is 2.01. The number of hydrogen-bond acceptors (Lipinski definition) is 2. The van der Waals surface area contributed by atoms with Crippen LogP contribution in [0.1, 0.15) is 33.1 Å². The molecule has 1 amide bonds. The normalized spacial score (nSPS) is 11.6. The Balaban J connectivity index is 0. The predicted molar refractivity (Wildman–Crippen MR) is 53.4 cm³/mol. The van der Waals surface area contributed by atoms with Crippen LogP contribution in [0.4, 0.5) is 0 Å². The minimum atomic E-state index is -0.00283. The van der Waals surface area contributed by atoms with Gasteiger partial charge in [-0.05, 0) is 6.42 Å². The van der Waals surface area contributed by atoms with Crippen LogP contribution < -0.4 is 11.1 Å². The Morgan fingerprint density at radius 2 is 2.17 bits per heavy atom. The summed E-state index contributed by atoms with van der Waals surface area (Å²) in [6.45, 7) is 4.24. The van der Waals surface area contributed by atoms with E-state index in [-0.39, 0.29) is 24.4 Å². The molecule has 0 aromatic carbocycles. The first kappa shape index (κ1) is 14.3. The van der Waals surface area contributed by atoms with Gasteiger partial charge in [0.2, 0.25) is 5.91 Å². The number of amides is 1. The predicted octanol–water partition coefficient (Wildman–Crippen LogP) is 1.06. The van der Waals surface area contributed by atoms with Crippen molar-refractivity contribution in [2.45, 2.75) is 39.2 Å². The van der Waals surface area contributed by atoms with Gasteiger partial charge in [0, 0.05) is 19.5 Å². The lowest BCUT2D eigenvalue weighted by molar-refractivity contribution is -0.119. The fraction of sp³-hybridized carbons (Fsp3) is 0.875. The van der Waals surface area contributed by atoms with E-state index in [4.69, 9.17) is 5.73 Å². The van der Waals surface area contributed by atoms with Gasteiger partial charge in [0.15, 0.2) is 0 Å². The molecule has 0 radical (unpaired) electrons. The Labute approximate surface area is 80.5 Å². The van der Waals surface area contributed by atoms with E-state index in [9.17, 15) is 4.79 Å². The molecule has 3 N–H and O–H groups in total. The summed E-state index contributed by atoms with van der Waals surface area (Å²) < 4.78 is 0. The molecular formula is C8H19ClN2O. The highest BCUT2D eigenvalue weighted by atomic mass is 35.5. The van der Waals surface area contributed by atoms with Crippen LogP contribution >= 0.6 is 12.4 Å². The Hall–Kier alpha value is -0.280. The van der Waals surface area contributed by atoms with E-state index >= 15 is 0 Å². The lowest BCUT2D eigenvalue weighted by Gasteiger charge is -2.10. The van der Waals surface area contributed by atoms with Crippen molar-refractivity contribution >= 4 is 18.3 Å². The average Bonchev–Trinajstić information content (AvgIpc) is 1.97. The summed E-state index contributed by atoms with van der Waals surface area (Å²) in [6, 6.07) is 0.124. The number of carbonyl (C=O) groups excluding carboxylic acids is 1. The third-order valence-corrected chi connectivity index (χ3v) is 1.54. The summed E-state index contributed by atoms with van der Waals surface area (Å²) in [5.41, 5.74) is 5.69. The lowest BCUT2D eigenvalue weighted by Crippen LogP contribution is -2.35. The van der Waals surface area contributed by atoms with Gasteiger partial charge in [0.05, 0.1) is 0 Å². The van der Waals surface area contributed by atoms with Crippen LogP contribution in [0.3, 0.4) is 0 Å². The second-order valence-electron chi connectivity index (χ2n) is 2.84. The third-order valence-electron chi connectivity index (χ3n) is 1.54. The van der Waals surface area contributed by atoms with Crippen molar-refractivity contribution in [3.63, 3.8) is 0 Å². The minimum absolute atomic E-state index is 0. The van der Waals surface area contributed by atoms with E-state index in [1.165, 1.54) is 6.92 Å². The van der Waals surface area contributed by atoms with Crippen molar-refractivity contribution in [3.05, 3.63) is 0 Å². The Morgan fingerprint density at radius 3 is 2.58 bits per heavy atom. The van der Waals surface area contributed by atoms with Crippen molar-refractivity contribution < 1.29 is 4.79 Å². The highest BCUT2D eigenvalue weighted by Crippen LogP contribution is 1.96. The minimum Gasteiger partial charge on any atom is -0.355 e. The Bertz CT molecular complexity index is 120. The standard InChI is InChI=1S/C8H18N2O.ClH/c1-3-4-5-8(9)6-10-7(2)11;/h8H,3-6,9H2,1-2H3,(H,10,11);1H. The van der Waals surface area contributed by atoms with Gasteiger partial charge in [0.1, 0.15) is 0 Å². The van der Waals surface area contributed by atoms with Crippen LogP contribution in [-0.4, -0.2) is 18.5 Å². The van der Waals surface area contributed by atoms with E-state index in [0.29, 0.717) is 6.54 Å². The molecule has 1 atom stereocenters. The Morgan fingerprint density at radius 1 is 1.58 bits per heavy atom. The quantitative estimate of drug-likeness (QED) is 0.688. The zero-order valence-electron chi connectivity index (χ0n) is 7.80. The fourth-order valence-electron chi connectivity index (χ4n) is 0.843. The number of rotatable bonds is 5. The maximum atomic E-state index is 10.5. The van der Waals surface area contributed by atoms with Gasteiger partial charge in [-0.15, -0.1) is 12.4 Å². The monoisotopic (exact) mass is 194 g/mol. The van der Waals surface area contributed by atoms with Gasteiger partial charge in [-0.2, -0.15) is 0 Å². The first-order valence-corrected chi connectivity index (χ1v) is 4.16. The summed E-state index contributed by atoms with van der Waals surface area (Å²) in [5, 5.41) is 2.69. The maximum Gasteiger partial charge on any atom is 0.216 e. The molecule has 0 saturated heterocycles. The van der Waals surface area contributed by atoms with Crippen molar-refractivity contribution in [3.8, 4) is 0 Å². The summed E-state index contributed by atoms with van der Waals surface area (Å²) in [4.78, 5) is 10.5. The molecule has 0 heterocycles. The molecule has 0 rings (SSSR count). The molecule has 3 nitrogen and oxygen atoms in total. The largest absolute Gasteiger partial charge is 0.355 e. The van der Waals surface area contributed by atoms with Gasteiger partial charge in [-0.3, -0.25) is 4.79 Å². The SMILES string of the molecule is CCCCC(N)CNC(C)=O.Cl. The van der Waals surface area contributed by atoms with Crippen molar-refractivity contribution in [1.82, 2.24) is 5.32 Å². The van der Waals surface area contributed by atoms with Gasteiger partial charge in [-0.1, -0.05) is 19.8 Å². The second kappa shape index (κ2) is 8.81. The first-order chi connectivity index (χ1) is 5.16. The zero-order valence-corrected chi connectivity index (χ0v) is 8.62. The zero-order chi connectivity index (χ0) is 8.69. The van der Waals surface area contributed by atoms with Crippen LogP contribution in [0.2, 0.25) is 0 Å². The maximum absolute atomic E-state index is 10.5. The third kappa shape index (κ3) is 9.72. The number of nitrogens with one attached hydrogen (secondary N) is 1. The summed E-state index contributed by atoms with van der Waals surface area (Å²) in [6.07, 6.45) is 3.30.